The molecule has 516 valence electrons. The van der Waals surface area contributed by atoms with Crippen LogP contribution in [0.4, 0.5) is 0 Å². The molecule has 8 atom stereocenters. The minimum Gasteiger partial charge on any atom is -0.462 e. The van der Waals surface area contributed by atoms with Gasteiger partial charge in [0, 0.05) is 25.7 Å². The fourth-order valence-corrected chi connectivity index (χ4v) is 11.7. The Bertz CT molecular complexity index is 1720. The third-order valence-corrected chi connectivity index (χ3v) is 18.6. The molecular weight excluding hydrogens is 1150 g/mol. The molecule has 0 fully saturated rings. The smallest absolute Gasteiger partial charge is 0.462 e. The molecule has 3 N–H and O–H groups in total. The molecule has 0 aliphatic rings. The second-order valence-electron chi connectivity index (χ2n) is 25.3. The van der Waals surface area contributed by atoms with Gasteiger partial charge in [-0.3, -0.25) is 37.3 Å². The van der Waals surface area contributed by atoms with Crippen LogP contribution in [0.3, 0.4) is 0 Å². The van der Waals surface area contributed by atoms with Crippen LogP contribution in [-0.4, -0.2) is 96.7 Å². The average Bonchev–Trinajstić information content (AvgIpc) is 3.70. The van der Waals surface area contributed by atoms with E-state index in [1.165, 1.54) is 141 Å². The molecule has 0 rings (SSSR count). The van der Waals surface area contributed by atoms with Gasteiger partial charge in [-0.15, -0.1) is 0 Å². The van der Waals surface area contributed by atoms with Crippen molar-refractivity contribution in [3.63, 3.8) is 0 Å². The summed E-state index contributed by atoms with van der Waals surface area (Å²) in [6, 6.07) is 0. The lowest BCUT2D eigenvalue weighted by atomic mass is 9.99. The number of hydrogen-bond donors (Lipinski definition) is 3. The van der Waals surface area contributed by atoms with Crippen molar-refractivity contribution in [2.45, 2.75) is 356 Å². The lowest BCUT2D eigenvalue weighted by molar-refractivity contribution is -0.161. The number of phosphoric acid groups is 2. The molecule has 0 aromatic carbocycles. The number of unbranched alkanes of at least 4 members (excludes halogenated alkanes) is 31. The molecule has 0 aromatic heterocycles. The van der Waals surface area contributed by atoms with Gasteiger partial charge in [-0.1, -0.05) is 286 Å². The highest BCUT2D eigenvalue weighted by Gasteiger charge is 2.30. The molecule has 0 aromatic rings. The third-order valence-electron chi connectivity index (χ3n) is 16.7. The fourth-order valence-electron chi connectivity index (χ4n) is 10.1. The molecule has 5 unspecified atom stereocenters. The first-order valence-electron chi connectivity index (χ1n) is 35.5. The lowest BCUT2D eigenvalue weighted by Crippen LogP contribution is -2.30. The van der Waals surface area contributed by atoms with Gasteiger partial charge < -0.3 is 33.8 Å². The lowest BCUT2D eigenvalue weighted by Gasteiger charge is -2.21. The quantitative estimate of drug-likeness (QED) is 0.0222. The van der Waals surface area contributed by atoms with Crippen molar-refractivity contribution in [2.75, 3.05) is 39.6 Å². The van der Waals surface area contributed by atoms with E-state index in [-0.39, 0.29) is 25.7 Å². The van der Waals surface area contributed by atoms with Crippen LogP contribution >= 0.6 is 15.6 Å². The second-order valence-corrected chi connectivity index (χ2v) is 28.2. The van der Waals surface area contributed by atoms with E-state index in [4.69, 9.17) is 37.0 Å². The van der Waals surface area contributed by atoms with Crippen molar-refractivity contribution in [3.8, 4) is 0 Å². The monoisotopic (exact) mass is 1280 g/mol. The molecule has 87 heavy (non-hydrogen) atoms. The Balaban J connectivity index is 5.26. The summed E-state index contributed by atoms with van der Waals surface area (Å²) in [5.41, 5.74) is 0. The van der Waals surface area contributed by atoms with Crippen LogP contribution in [0.2, 0.25) is 0 Å². The van der Waals surface area contributed by atoms with Gasteiger partial charge in [0.05, 0.1) is 26.4 Å². The van der Waals surface area contributed by atoms with E-state index in [2.05, 4.69) is 48.5 Å². The Morgan fingerprint density at radius 3 is 0.816 bits per heavy atom. The fraction of sp³-hybridized carbons (Fsp3) is 0.941. The Hall–Kier alpha value is -1.94. The van der Waals surface area contributed by atoms with Crippen molar-refractivity contribution in [1.29, 1.82) is 0 Å². The zero-order valence-corrected chi connectivity index (χ0v) is 58.3. The van der Waals surface area contributed by atoms with E-state index in [1.54, 1.807) is 0 Å². The van der Waals surface area contributed by atoms with Crippen LogP contribution in [0, 0.1) is 17.8 Å². The standard InChI is InChI=1S/C68H132O17P2/c1-8-12-13-14-15-16-17-18-19-23-26-35-42-49-65(70)78-55-63(84-67(72)51-44-37-27-24-21-20-22-25-32-39-46-59(5)9-2)57-82-86(74,75)80-53-62(69)54-81-87(76,77)83-58-64(85-68(73)52-45-38-31-29-34-41-48-61(7)11-4)56-79-66(71)50-43-36-30-28-33-40-47-60(6)10-3/h59-64,69H,8-58H2,1-7H3,(H,74,75)(H,76,77)/t59?,60?,61?,62-,63-,64-/m1/s1. The Kier molecular flexibility index (Phi) is 57.8. The van der Waals surface area contributed by atoms with Crippen molar-refractivity contribution in [3.05, 3.63) is 0 Å². The van der Waals surface area contributed by atoms with E-state index >= 15 is 0 Å². The summed E-state index contributed by atoms with van der Waals surface area (Å²) < 4.78 is 68.2. The van der Waals surface area contributed by atoms with E-state index in [0.29, 0.717) is 25.7 Å². The molecule has 0 radical (unpaired) electrons. The molecular formula is C68H132O17P2. The minimum absolute atomic E-state index is 0.102. The predicted molar refractivity (Wildman–Crippen MR) is 349 cm³/mol. The number of rotatable bonds is 66. The highest BCUT2D eigenvalue weighted by atomic mass is 31.2. The van der Waals surface area contributed by atoms with Crippen molar-refractivity contribution in [2.24, 2.45) is 17.8 Å². The van der Waals surface area contributed by atoms with Gasteiger partial charge in [0.2, 0.25) is 0 Å². The Morgan fingerprint density at radius 1 is 0.322 bits per heavy atom. The van der Waals surface area contributed by atoms with Gasteiger partial charge in [-0.2, -0.15) is 0 Å². The summed E-state index contributed by atoms with van der Waals surface area (Å²) in [6.07, 6.45) is 41.6. The summed E-state index contributed by atoms with van der Waals surface area (Å²) in [5.74, 6) is 0.122. The molecule has 0 spiro atoms. The van der Waals surface area contributed by atoms with Gasteiger partial charge in [0.25, 0.3) is 0 Å². The second kappa shape index (κ2) is 59.1. The largest absolute Gasteiger partial charge is 0.472 e. The van der Waals surface area contributed by atoms with Gasteiger partial charge in [-0.05, 0) is 43.4 Å². The van der Waals surface area contributed by atoms with Crippen LogP contribution in [0.15, 0.2) is 0 Å². The van der Waals surface area contributed by atoms with E-state index in [0.717, 1.165) is 114 Å². The third kappa shape index (κ3) is 58.9. The van der Waals surface area contributed by atoms with E-state index in [9.17, 15) is 43.2 Å². The summed E-state index contributed by atoms with van der Waals surface area (Å²) in [5, 5.41) is 10.6. The van der Waals surface area contributed by atoms with Gasteiger partial charge in [0.1, 0.15) is 19.3 Å². The molecule has 0 aliphatic heterocycles. The molecule has 0 bridgehead atoms. The first kappa shape index (κ1) is 85.1. The first-order chi connectivity index (χ1) is 41.8. The number of carbonyl (C=O) groups is 4. The van der Waals surface area contributed by atoms with Crippen LogP contribution in [0.1, 0.15) is 337 Å². The zero-order valence-electron chi connectivity index (χ0n) is 56.5. The molecule has 19 heteroatoms. The molecule has 0 amide bonds. The van der Waals surface area contributed by atoms with Crippen LogP contribution in [0.25, 0.3) is 0 Å². The van der Waals surface area contributed by atoms with Gasteiger partial charge in [0.15, 0.2) is 12.2 Å². The van der Waals surface area contributed by atoms with Crippen molar-refractivity contribution in [1.82, 2.24) is 0 Å². The summed E-state index contributed by atoms with van der Waals surface area (Å²) >= 11 is 0. The van der Waals surface area contributed by atoms with Crippen molar-refractivity contribution >= 4 is 39.5 Å². The van der Waals surface area contributed by atoms with Crippen LogP contribution in [0.5, 0.6) is 0 Å². The number of hydrogen-bond acceptors (Lipinski definition) is 15. The maximum Gasteiger partial charge on any atom is 0.472 e. The molecule has 17 nitrogen and oxygen atoms in total. The Labute approximate surface area is 530 Å². The number of carbonyl (C=O) groups excluding carboxylic acids is 4. The molecule has 0 heterocycles. The SMILES string of the molecule is CCCCCCCCCCCCCCCC(=O)OC[C@H](COP(=O)(O)OC[C@@H](O)COP(=O)(O)OC[C@@H](COC(=O)CCCCCCCCC(C)CC)OC(=O)CCCCCCCCC(C)CC)OC(=O)CCCCCCCCCCCCC(C)CC. The number of aliphatic hydroxyl groups excluding tert-OH is 1. The van der Waals surface area contributed by atoms with Crippen LogP contribution < -0.4 is 0 Å². The highest BCUT2D eigenvalue weighted by Crippen LogP contribution is 2.45. The average molecular weight is 1280 g/mol. The minimum atomic E-state index is -4.95. The summed E-state index contributed by atoms with van der Waals surface area (Å²) in [4.78, 5) is 72.4. The van der Waals surface area contributed by atoms with Gasteiger partial charge in [-0.25, -0.2) is 9.13 Å². The maximum atomic E-state index is 13.0. The first-order valence-corrected chi connectivity index (χ1v) is 38.5. The van der Waals surface area contributed by atoms with Crippen LogP contribution in [-0.2, 0) is 65.4 Å². The molecule has 0 saturated heterocycles. The van der Waals surface area contributed by atoms with Crippen molar-refractivity contribution < 1.29 is 80.2 Å². The topological polar surface area (TPSA) is 237 Å². The molecule has 0 aliphatic carbocycles. The van der Waals surface area contributed by atoms with E-state index < -0.39 is 97.5 Å². The normalized spacial score (nSPS) is 15.2. The summed E-state index contributed by atoms with van der Waals surface area (Å²) in [7, 11) is -9.90. The molecule has 0 saturated carbocycles. The number of aliphatic hydroxyl groups is 1. The number of phosphoric ester groups is 2. The summed E-state index contributed by atoms with van der Waals surface area (Å²) in [6.45, 7) is 11.8. The number of ether oxygens (including phenoxy) is 4. The number of esters is 4. The zero-order chi connectivity index (χ0) is 64.5. The predicted octanol–water partition coefficient (Wildman–Crippen LogP) is 19.1. The maximum absolute atomic E-state index is 13.0. The van der Waals surface area contributed by atoms with E-state index in [1.807, 2.05) is 0 Å². The highest BCUT2D eigenvalue weighted by molar-refractivity contribution is 7.47. The Morgan fingerprint density at radius 2 is 0.552 bits per heavy atom. The van der Waals surface area contributed by atoms with Gasteiger partial charge >= 0.3 is 39.5 Å².